The van der Waals surface area contributed by atoms with Gasteiger partial charge in [-0.05, 0) is 24.5 Å². The van der Waals surface area contributed by atoms with E-state index in [2.05, 4.69) is 34.2 Å². The van der Waals surface area contributed by atoms with Crippen LogP contribution in [0.25, 0.3) is 0 Å². The number of benzene rings is 1. The predicted molar refractivity (Wildman–Crippen MR) is 90.3 cm³/mol. The molecule has 0 spiro atoms. The van der Waals surface area contributed by atoms with E-state index in [1.165, 1.54) is 11.1 Å². The number of carbonyl (C=O) groups excluding carboxylic acids is 1. The molecule has 0 radical (unpaired) electrons. The van der Waals surface area contributed by atoms with Crippen molar-refractivity contribution in [1.29, 1.82) is 0 Å². The van der Waals surface area contributed by atoms with E-state index in [9.17, 15) is 4.79 Å². The number of hydrogen-bond acceptors (Lipinski definition) is 4. The lowest BCUT2D eigenvalue weighted by atomic mass is 10.1. The van der Waals surface area contributed by atoms with Crippen LogP contribution in [0.4, 0.5) is 0 Å². The van der Waals surface area contributed by atoms with Gasteiger partial charge in [-0.3, -0.25) is 14.6 Å². The van der Waals surface area contributed by atoms with Crippen molar-refractivity contribution in [2.75, 3.05) is 45.9 Å². The lowest BCUT2D eigenvalue weighted by molar-refractivity contribution is -0.122. The summed E-state index contributed by atoms with van der Waals surface area (Å²) in [4.78, 5) is 17.0. The molecule has 1 aromatic rings. The van der Waals surface area contributed by atoms with Gasteiger partial charge in [0.25, 0.3) is 0 Å². The van der Waals surface area contributed by atoms with Crippen LogP contribution in [0, 0.1) is 6.92 Å². The van der Waals surface area contributed by atoms with Gasteiger partial charge in [0.2, 0.25) is 5.91 Å². The van der Waals surface area contributed by atoms with E-state index in [0.29, 0.717) is 19.1 Å². The number of morpholine rings is 1. The second-order valence-corrected chi connectivity index (χ2v) is 6.53. The quantitative estimate of drug-likeness (QED) is 0.881. The molecule has 1 N–H and O–H groups in total. The molecular formula is C18H27N3O2. The SMILES string of the molecule is Cc1ccccc1CNC(=O)CN1CCC(N2CCOCC2)C1. The maximum Gasteiger partial charge on any atom is 0.234 e. The van der Waals surface area contributed by atoms with E-state index >= 15 is 0 Å². The monoisotopic (exact) mass is 317 g/mol. The maximum absolute atomic E-state index is 12.2. The number of nitrogens with one attached hydrogen (secondary N) is 1. The van der Waals surface area contributed by atoms with Crippen LogP contribution in [0.15, 0.2) is 24.3 Å². The van der Waals surface area contributed by atoms with Crippen molar-refractivity contribution in [2.24, 2.45) is 0 Å². The predicted octanol–water partition coefficient (Wildman–Crippen LogP) is 1.02. The fourth-order valence-corrected chi connectivity index (χ4v) is 3.46. The molecule has 1 aromatic carbocycles. The molecular weight excluding hydrogens is 290 g/mol. The van der Waals surface area contributed by atoms with Crippen LogP contribution in [0.5, 0.6) is 0 Å². The minimum Gasteiger partial charge on any atom is -0.379 e. The second kappa shape index (κ2) is 7.90. The molecule has 2 heterocycles. The molecule has 23 heavy (non-hydrogen) atoms. The summed E-state index contributed by atoms with van der Waals surface area (Å²) in [6, 6.07) is 8.77. The zero-order chi connectivity index (χ0) is 16.1. The average molecular weight is 317 g/mol. The first-order valence-corrected chi connectivity index (χ1v) is 8.58. The van der Waals surface area contributed by atoms with Crippen molar-refractivity contribution in [3.8, 4) is 0 Å². The summed E-state index contributed by atoms with van der Waals surface area (Å²) in [5.41, 5.74) is 2.41. The Morgan fingerprint density at radius 3 is 2.83 bits per heavy atom. The van der Waals surface area contributed by atoms with Crippen LogP contribution in [0.1, 0.15) is 17.5 Å². The van der Waals surface area contributed by atoms with Crippen LogP contribution >= 0.6 is 0 Å². The molecule has 126 valence electrons. The van der Waals surface area contributed by atoms with Crippen LogP contribution in [-0.2, 0) is 16.1 Å². The Hall–Kier alpha value is -1.43. The number of ether oxygens (including phenoxy) is 1. The maximum atomic E-state index is 12.2. The Bertz CT molecular complexity index is 529. The van der Waals surface area contributed by atoms with Gasteiger partial charge in [0.15, 0.2) is 0 Å². The summed E-state index contributed by atoms with van der Waals surface area (Å²) in [6.07, 6.45) is 1.16. The first-order chi connectivity index (χ1) is 11.2. The second-order valence-electron chi connectivity index (χ2n) is 6.53. The van der Waals surface area contributed by atoms with Crippen molar-refractivity contribution in [2.45, 2.75) is 25.9 Å². The average Bonchev–Trinajstić information content (AvgIpc) is 3.03. The Kier molecular flexibility index (Phi) is 5.65. The Morgan fingerprint density at radius 2 is 2.04 bits per heavy atom. The highest BCUT2D eigenvalue weighted by Crippen LogP contribution is 2.16. The van der Waals surface area contributed by atoms with Gasteiger partial charge >= 0.3 is 0 Å². The van der Waals surface area contributed by atoms with Gasteiger partial charge in [-0.25, -0.2) is 0 Å². The first kappa shape index (κ1) is 16.4. The number of amides is 1. The molecule has 0 saturated carbocycles. The summed E-state index contributed by atoms with van der Waals surface area (Å²) >= 11 is 0. The summed E-state index contributed by atoms with van der Waals surface area (Å²) in [6.45, 7) is 8.95. The Labute approximate surface area is 138 Å². The minimum absolute atomic E-state index is 0.121. The fraction of sp³-hybridized carbons (Fsp3) is 0.611. The molecule has 5 nitrogen and oxygen atoms in total. The van der Waals surface area contributed by atoms with Crippen LogP contribution in [0.3, 0.4) is 0 Å². The minimum atomic E-state index is 0.121. The van der Waals surface area contributed by atoms with E-state index in [4.69, 9.17) is 4.74 Å². The highest BCUT2D eigenvalue weighted by atomic mass is 16.5. The summed E-state index contributed by atoms with van der Waals surface area (Å²) in [5, 5.41) is 3.05. The van der Waals surface area contributed by atoms with Crippen molar-refractivity contribution in [1.82, 2.24) is 15.1 Å². The molecule has 1 atom stereocenters. The van der Waals surface area contributed by atoms with Gasteiger partial charge < -0.3 is 10.1 Å². The summed E-state index contributed by atoms with van der Waals surface area (Å²) in [5.74, 6) is 0.121. The Morgan fingerprint density at radius 1 is 1.26 bits per heavy atom. The molecule has 2 aliphatic heterocycles. The molecule has 0 bridgehead atoms. The zero-order valence-electron chi connectivity index (χ0n) is 14.0. The number of nitrogens with zero attached hydrogens (tertiary/aromatic N) is 2. The number of hydrogen-bond donors (Lipinski definition) is 1. The number of likely N-dealkylation sites (tertiary alicyclic amines) is 1. The van der Waals surface area contributed by atoms with Crippen LogP contribution < -0.4 is 5.32 Å². The largest absolute Gasteiger partial charge is 0.379 e. The molecule has 0 aromatic heterocycles. The fourth-order valence-electron chi connectivity index (χ4n) is 3.46. The third-order valence-electron chi connectivity index (χ3n) is 4.91. The smallest absolute Gasteiger partial charge is 0.234 e. The number of carbonyl (C=O) groups is 1. The van der Waals surface area contributed by atoms with Crippen LogP contribution in [-0.4, -0.2) is 67.7 Å². The third-order valence-corrected chi connectivity index (χ3v) is 4.91. The van der Waals surface area contributed by atoms with Crippen molar-refractivity contribution in [3.05, 3.63) is 35.4 Å². The van der Waals surface area contributed by atoms with Gasteiger partial charge in [-0.15, -0.1) is 0 Å². The van der Waals surface area contributed by atoms with E-state index in [1.54, 1.807) is 0 Å². The molecule has 1 unspecified atom stereocenters. The summed E-state index contributed by atoms with van der Waals surface area (Å²) in [7, 11) is 0. The number of rotatable bonds is 5. The van der Waals surface area contributed by atoms with E-state index in [0.717, 1.165) is 45.8 Å². The Balaban J connectivity index is 1.41. The number of aryl methyl sites for hydroxylation is 1. The van der Waals surface area contributed by atoms with Gasteiger partial charge in [0, 0.05) is 38.8 Å². The van der Waals surface area contributed by atoms with E-state index in [1.807, 2.05) is 12.1 Å². The zero-order valence-corrected chi connectivity index (χ0v) is 14.0. The lowest BCUT2D eigenvalue weighted by Gasteiger charge is -2.32. The van der Waals surface area contributed by atoms with Gasteiger partial charge in [-0.2, -0.15) is 0 Å². The topological polar surface area (TPSA) is 44.8 Å². The normalized spacial score (nSPS) is 23.1. The van der Waals surface area contributed by atoms with E-state index < -0.39 is 0 Å². The molecule has 2 aliphatic rings. The van der Waals surface area contributed by atoms with Gasteiger partial charge in [0.1, 0.15) is 0 Å². The van der Waals surface area contributed by atoms with Crippen LogP contribution in [0.2, 0.25) is 0 Å². The summed E-state index contributed by atoms with van der Waals surface area (Å²) < 4.78 is 5.41. The molecule has 2 fully saturated rings. The van der Waals surface area contributed by atoms with E-state index in [-0.39, 0.29) is 5.91 Å². The molecule has 3 rings (SSSR count). The van der Waals surface area contributed by atoms with Crippen molar-refractivity contribution >= 4 is 5.91 Å². The van der Waals surface area contributed by atoms with Crippen molar-refractivity contribution in [3.63, 3.8) is 0 Å². The molecule has 5 heteroatoms. The lowest BCUT2D eigenvalue weighted by Crippen LogP contribution is -2.45. The van der Waals surface area contributed by atoms with Gasteiger partial charge in [-0.1, -0.05) is 24.3 Å². The standard InChI is InChI=1S/C18H27N3O2/c1-15-4-2-3-5-16(15)12-19-18(22)14-20-7-6-17(13-20)21-8-10-23-11-9-21/h2-5,17H,6-14H2,1H3,(H,19,22). The molecule has 2 saturated heterocycles. The first-order valence-electron chi connectivity index (χ1n) is 8.58. The highest BCUT2D eigenvalue weighted by molar-refractivity contribution is 5.78. The molecule has 1 amide bonds. The third kappa shape index (κ3) is 4.53. The van der Waals surface area contributed by atoms with Gasteiger partial charge in [0.05, 0.1) is 19.8 Å². The molecule has 0 aliphatic carbocycles. The van der Waals surface area contributed by atoms with Crippen molar-refractivity contribution < 1.29 is 9.53 Å². The highest BCUT2D eigenvalue weighted by Gasteiger charge is 2.29.